The van der Waals surface area contributed by atoms with Gasteiger partial charge in [-0.1, -0.05) is 172 Å². The minimum atomic E-state index is -0.105. The molecule has 9 aromatic carbocycles. The van der Waals surface area contributed by atoms with Gasteiger partial charge in [-0.15, -0.1) is 0 Å². The average Bonchev–Trinajstić information content (AvgIpc) is 3.74. The van der Waals surface area contributed by atoms with E-state index in [1.54, 1.807) is 0 Å². The number of nitrogens with zero attached hydrogens (tertiary/aromatic N) is 1. The Kier molecular flexibility index (Phi) is 6.93. The van der Waals surface area contributed by atoms with Gasteiger partial charge >= 0.3 is 0 Å². The highest BCUT2D eigenvalue weighted by Crippen LogP contribution is 2.55. The Morgan fingerprint density at radius 3 is 1.75 bits per heavy atom. The second-order valence-corrected chi connectivity index (χ2v) is 15.2. The third-order valence-corrected chi connectivity index (χ3v) is 11.9. The lowest BCUT2D eigenvalue weighted by molar-refractivity contribution is 0.660. The predicted molar refractivity (Wildman–Crippen MR) is 232 cm³/mol. The minimum Gasteiger partial charge on any atom is -0.456 e. The van der Waals surface area contributed by atoms with Gasteiger partial charge in [0.2, 0.25) is 0 Å². The predicted octanol–water partition coefficient (Wildman–Crippen LogP) is 15.0. The van der Waals surface area contributed by atoms with Gasteiger partial charge in [0.05, 0.1) is 17.1 Å². The number of para-hydroxylation sites is 3. The normalized spacial score (nSPS) is 13.1. The molecule has 0 bridgehead atoms. The molecule has 2 nitrogen and oxygen atoms in total. The second kappa shape index (κ2) is 12.1. The Morgan fingerprint density at radius 2 is 0.909 bits per heavy atom. The number of furan rings is 1. The molecule has 0 radical (unpaired) electrons. The van der Waals surface area contributed by atoms with Gasteiger partial charge in [-0.2, -0.15) is 0 Å². The largest absolute Gasteiger partial charge is 0.456 e. The molecule has 55 heavy (non-hydrogen) atoms. The van der Waals surface area contributed by atoms with E-state index in [9.17, 15) is 0 Å². The van der Waals surface area contributed by atoms with Crippen LogP contribution in [-0.2, 0) is 5.41 Å². The van der Waals surface area contributed by atoms with Crippen molar-refractivity contribution in [2.75, 3.05) is 4.90 Å². The molecule has 0 saturated carbocycles. The van der Waals surface area contributed by atoms with Crippen LogP contribution in [0.2, 0.25) is 0 Å². The van der Waals surface area contributed by atoms with Crippen LogP contribution < -0.4 is 4.90 Å². The molecule has 10 aromatic rings. The number of anilines is 3. The molecular weight excluding hydrogens is 667 g/mol. The molecule has 0 aliphatic heterocycles. The minimum absolute atomic E-state index is 0.105. The summed E-state index contributed by atoms with van der Waals surface area (Å²) in [6.07, 6.45) is 0. The SMILES string of the molecule is CC1(C)c2ccccc2-c2c(-c3ccccc3N(c3ccccc3-c3cccc4oc5ccccc5c34)c3cccc4c3ccc3ccccc34)cccc21. The van der Waals surface area contributed by atoms with Crippen LogP contribution in [0.4, 0.5) is 17.1 Å². The van der Waals surface area contributed by atoms with E-state index < -0.39 is 0 Å². The first-order chi connectivity index (χ1) is 27.1. The smallest absolute Gasteiger partial charge is 0.136 e. The van der Waals surface area contributed by atoms with Crippen LogP contribution in [0.25, 0.3) is 76.9 Å². The van der Waals surface area contributed by atoms with Crippen LogP contribution in [0.3, 0.4) is 0 Å². The fourth-order valence-electron chi connectivity index (χ4n) is 9.38. The molecule has 2 heteroatoms. The van der Waals surface area contributed by atoms with Crippen LogP contribution in [0.1, 0.15) is 25.0 Å². The number of rotatable bonds is 5. The Hall–Kier alpha value is -6.90. The summed E-state index contributed by atoms with van der Waals surface area (Å²) in [5, 5.41) is 7.16. The third kappa shape index (κ3) is 4.68. The van der Waals surface area contributed by atoms with Gasteiger partial charge in [0.15, 0.2) is 0 Å². The Labute approximate surface area is 320 Å². The number of hydrogen-bond donors (Lipinski definition) is 0. The van der Waals surface area contributed by atoms with E-state index >= 15 is 0 Å². The highest BCUT2D eigenvalue weighted by Gasteiger charge is 2.37. The number of fused-ring (bicyclic) bond motifs is 9. The molecule has 1 aliphatic rings. The first kappa shape index (κ1) is 31.6. The van der Waals surface area contributed by atoms with Crippen LogP contribution in [0.5, 0.6) is 0 Å². The van der Waals surface area contributed by atoms with E-state index in [0.717, 1.165) is 50.1 Å². The standard InChI is InChI=1S/C53H37NO/c1-53(2)44-25-9-5-20-42(44)51-40(23-13-26-45(51)53)37-18-6-10-27-46(37)54(48-29-14-22-36-35-17-4-3-16-34(35)32-33-39(36)48)47-28-11-7-19-38(47)41-24-15-31-50-52(41)43-21-8-12-30-49(43)55-50/h3-33H,1-2H3. The van der Waals surface area contributed by atoms with E-state index in [0.29, 0.717) is 0 Å². The summed E-state index contributed by atoms with van der Waals surface area (Å²) in [5.74, 6) is 0. The van der Waals surface area contributed by atoms with Crippen molar-refractivity contribution in [3.8, 4) is 33.4 Å². The average molecular weight is 704 g/mol. The third-order valence-electron chi connectivity index (χ3n) is 11.9. The van der Waals surface area contributed by atoms with Crippen molar-refractivity contribution in [2.24, 2.45) is 0 Å². The summed E-state index contributed by atoms with van der Waals surface area (Å²) >= 11 is 0. The summed E-state index contributed by atoms with van der Waals surface area (Å²) in [7, 11) is 0. The zero-order valence-electron chi connectivity index (χ0n) is 30.8. The van der Waals surface area contributed by atoms with Crippen molar-refractivity contribution in [1.29, 1.82) is 0 Å². The van der Waals surface area contributed by atoms with E-state index in [4.69, 9.17) is 4.42 Å². The van der Waals surface area contributed by atoms with Gasteiger partial charge in [-0.05, 0) is 79.9 Å². The highest BCUT2D eigenvalue weighted by molar-refractivity contribution is 6.16. The van der Waals surface area contributed by atoms with Gasteiger partial charge in [0, 0.05) is 32.7 Å². The Morgan fingerprint density at radius 1 is 0.364 bits per heavy atom. The van der Waals surface area contributed by atoms with Crippen molar-refractivity contribution in [2.45, 2.75) is 19.3 Å². The van der Waals surface area contributed by atoms with Crippen molar-refractivity contribution in [3.05, 3.63) is 199 Å². The van der Waals surface area contributed by atoms with E-state index in [2.05, 4.69) is 201 Å². The molecule has 1 aliphatic carbocycles. The van der Waals surface area contributed by atoms with Crippen LogP contribution in [0.15, 0.2) is 192 Å². The Bertz CT molecular complexity index is 3150. The van der Waals surface area contributed by atoms with Crippen molar-refractivity contribution < 1.29 is 4.42 Å². The number of benzene rings is 9. The van der Waals surface area contributed by atoms with E-state index in [1.165, 1.54) is 54.9 Å². The van der Waals surface area contributed by atoms with Crippen molar-refractivity contribution in [1.82, 2.24) is 0 Å². The highest BCUT2D eigenvalue weighted by atomic mass is 16.3. The maximum Gasteiger partial charge on any atom is 0.136 e. The monoisotopic (exact) mass is 703 g/mol. The molecule has 1 aromatic heterocycles. The van der Waals surface area contributed by atoms with E-state index in [1.807, 2.05) is 6.07 Å². The fraction of sp³-hybridized carbons (Fsp3) is 0.0566. The second-order valence-electron chi connectivity index (χ2n) is 15.2. The van der Waals surface area contributed by atoms with E-state index in [-0.39, 0.29) is 5.41 Å². The summed E-state index contributed by atoms with van der Waals surface area (Å²) in [6.45, 7) is 4.72. The molecule has 11 rings (SSSR count). The molecule has 260 valence electrons. The van der Waals surface area contributed by atoms with Gasteiger partial charge < -0.3 is 9.32 Å². The molecule has 0 unspecified atom stereocenters. The van der Waals surface area contributed by atoms with Crippen LogP contribution in [0, 0.1) is 0 Å². The first-order valence-electron chi connectivity index (χ1n) is 19.1. The maximum atomic E-state index is 6.43. The van der Waals surface area contributed by atoms with Gasteiger partial charge in [-0.25, -0.2) is 0 Å². The fourth-order valence-corrected chi connectivity index (χ4v) is 9.38. The summed E-state index contributed by atoms with van der Waals surface area (Å²) in [5.41, 5.74) is 15.1. The molecule has 0 fully saturated rings. The lowest BCUT2D eigenvalue weighted by Crippen LogP contribution is -2.15. The molecule has 1 heterocycles. The molecule has 0 N–H and O–H groups in total. The molecular formula is C53H37NO. The van der Waals surface area contributed by atoms with Gasteiger partial charge in [0.1, 0.15) is 11.2 Å². The lowest BCUT2D eigenvalue weighted by Gasteiger charge is -2.31. The summed E-state index contributed by atoms with van der Waals surface area (Å²) in [4.78, 5) is 2.51. The maximum absolute atomic E-state index is 6.43. The van der Waals surface area contributed by atoms with Crippen LogP contribution >= 0.6 is 0 Å². The molecule has 0 saturated heterocycles. The quantitative estimate of drug-likeness (QED) is 0.166. The summed E-state index contributed by atoms with van der Waals surface area (Å²) < 4.78 is 6.43. The van der Waals surface area contributed by atoms with Crippen LogP contribution in [-0.4, -0.2) is 0 Å². The first-order valence-corrected chi connectivity index (χ1v) is 19.1. The zero-order valence-corrected chi connectivity index (χ0v) is 30.8. The molecule has 0 atom stereocenters. The van der Waals surface area contributed by atoms with Gasteiger partial charge in [-0.3, -0.25) is 0 Å². The number of hydrogen-bond acceptors (Lipinski definition) is 2. The molecule has 0 spiro atoms. The topological polar surface area (TPSA) is 16.4 Å². The van der Waals surface area contributed by atoms with Crippen molar-refractivity contribution >= 4 is 60.5 Å². The Balaban J connectivity index is 1.24. The van der Waals surface area contributed by atoms with Gasteiger partial charge in [0.25, 0.3) is 0 Å². The summed E-state index contributed by atoms with van der Waals surface area (Å²) in [6, 6.07) is 68.5. The van der Waals surface area contributed by atoms with Crippen molar-refractivity contribution in [3.63, 3.8) is 0 Å². The lowest BCUT2D eigenvalue weighted by atomic mass is 9.82. The zero-order chi connectivity index (χ0) is 36.7. The molecule has 0 amide bonds.